The Bertz CT molecular complexity index is 219. The van der Waals surface area contributed by atoms with Crippen LogP contribution in [0.3, 0.4) is 0 Å². The van der Waals surface area contributed by atoms with Gasteiger partial charge in [-0.05, 0) is 27.9 Å². The second-order valence-corrected chi connectivity index (χ2v) is 4.25. The Morgan fingerprint density at radius 3 is 2.43 bits per heavy atom. The van der Waals surface area contributed by atoms with Crippen LogP contribution >= 0.6 is 0 Å². The molecular weight excluding hydrogens is 182 g/mol. The predicted octanol–water partition coefficient (Wildman–Crippen LogP) is -0.245. The van der Waals surface area contributed by atoms with Crippen LogP contribution in [0.25, 0.3) is 0 Å². The van der Waals surface area contributed by atoms with Crippen LogP contribution < -0.4 is 5.32 Å². The van der Waals surface area contributed by atoms with Gasteiger partial charge in [0.1, 0.15) is 6.04 Å². The fraction of sp³-hybridized carbons (Fsp3) is 0.900. The van der Waals surface area contributed by atoms with Crippen molar-refractivity contribution >= 4 is 5.91 Å². The van der Waals surface area contributed by atoms with Crippen molar-refractivity contribution in [1.82, 2.24) is 15.1 Å². The van der Waals surface area contributed by atoms with Crippen LogP contribution in [0.5, 0.6) is 0 Å². The van der Waals surface area contributed by atoms with Crippen molar-refractivity contribution in [3.63, 3.8) is 0 Å². The van der Waals surface area contributed by atoms with Gasteiger partial charge in [-0.15, -0.1) is 0 Å². The smallest absolute Gasteiger partial charge is 0.238 e. The van der Waals surface area contributed by atoms with Crippen LogP contribution in [0.4, 0.5) is 0 Å². The molecule has 0 aromatic rings. The van der Waals surface area contributed by atoms with Gasteiger partial charge >= 0.3 is 0 Å². The van der Waals surface area contributed by atoms with E-state index in [0.29, 0.717) is 6.04 Å². The SMILES string of the molecule is CC1CN([13CH3])C(C(=O)[15NH][13CH3])C(C)[15N]1C. The molecule has 0 spiro atoms. The molecule has 0 radical (unpaired) electrons. The van der Waals surface area contributed by atoms with Crippen molar-refractivity contribution in [2.75, 3.05) is 27.7 Å². The van der Waals surface area contributed by atoms with Crippen LogP contribution in [-0.4, -0.2) is 61.5 Å². The molecule has 1 aliphatic heterocycles. The molecule has 1 heterocycles. The van der Waals surface area contributed by atoms with Crippen molar-refractivity contribution < 1.29 is 4.79 Å². The Morgan fingerprint density at radius 1 is 1.36 bits per heavy atom. The summed E-state index contributed by atoms with van der Waals surface area (Å²) in [5, 5.41) is 2.72. The van der Waals surface area contributed by atoms with Gasteiger partial charge in [-0.3, -0.25) is 14.6 Å². The van der Waals surface area contributed by atoms with Crippen LogP contribution in [0, 0.1) is 0 Å². The third kappa shape index (κ3) is 1.91. The number of likely N-dealkylation sites (N-methyl/N-ethyl adjacent to an activating group) is 3. The zero-order valence-electron chi connectivity index (χ0n) is 9.74. The number of hydrogen-bond donors (Lipinski definition) is 1. The molecule has 82 valence electrons. The van der Waals surface area contributed by atoms with Gasteiger partial charge < -0.3 is 5.32 Å². The largest absolute Gasteiger partial charge is 0.358 e. The van der Waals surface area contributed by atoms with E-state index >= 15 is 0 Å². The standard InChI is InChI=1S/C10H21N3O/c1-7-6-12(4)9(10(14)11-3)8(2)13(7)5/h7-9H,6H2,1-5H3,(H,11,14)/i3+1,4+1,11+1,13+1. The lowest BCUT2D eigenvalue weighted by atomic mass is 10.1. The van der Waals surface area contributed by atoms with Crippen LogP contribution in [-0.2, 0) is 4.79 Å². The molecule has 0 aromatic heterocycles. The van der Waals surface area contributed by atoms with Crippen molar-refractivity contribution in [1.29, 1.82) is 0 Å². The lowest BCUT2D eigenvalue weighted by Gasteiger charge is -2.46. The number of rotatable bonds is 1. The maximum atomic E-state index is 11.7. The zero-order chi connectivity index (χ0) is 10.9. The van der Waals surface area contributed by atoms with Gasteiger partial charge in [0.15, 0.2) is 0 Å². The van der Waals surface area contributed by atoms with Crippen molar-refractivity contribution in [2.24, 2.45) is 0 Å². The average Bonchev–Trinajstić information content (AvgIpc) is 2.14. The maximum Gasteiger partial charge on any atom is 0.238 e. The maximum absolute atomic E-state index is 11.7. The van der Waals surface area contributed by atoms with Crippen molar-refractivity contribution in [2.45, 2.75) is 32.0 Å². The van der Waals surface area contributed by atoms with Crippen LogP contribution in [0.2, 0.25) is 0 Å². The van der Waals surface area contributed by atoms with E-state index in [1.807, 2.05) is 7.05 Å². The molecule has 1 amide bonds. The minimum Gasteiger partial charge on any atom is -0.358 e. The van der Waals surface area contributed by atoms with Gasteiger partial charge in [-0.1, -0.05) is 0 Å². The Labute approximate surface area is 86.2 Å². The highest BCUT2D eigenvalue weighted by Gasteiger charge is 2.37. The van der Waals surface area contributed by atoms with Gasteiger partial charge in [0.25, 0.3) is 0 Å². The number of carbonyl (C=O) groups excluding carboxylic acids is 1. The first-order chi connectivity index (χ1) is 6.49. The second-order valence-electron chi connectivity index (χ2n) is 4.25. The Kier molecular flexibility index (Phi) is 3.50. The van der Waals surface area contributed by atoms with E-state index in [-0.39, 0.29) is 18.0 Å². The first kappa shape index (κ1) is 11.5. The highest BCUT2D eigenvalue weighted by atomic mass is 16.2. The summed E-state index contributed by atoms with van der Waals surface area (Å²) in [7, 11) is 5.79. The minimum atomic E-state index is -0.0267. The predicted molar refractivity (Wildman–Crippen MR) is 57.2 cm³/mol. The van der Waals surface area contributed by atoms with Crippen molar-refractivity contribution in [3.05, 3.63) is 0 Å². The highest BCUT2D eigenvalue weighted by Crippen LogP contribution is 2.18. The molecule has 1 rings (SSSR count). The molecule has 0 aromatic carbocycles. The van der Waals surface area contributed by atoms with E-state index < -0.39 is 0 Å². The van der Waals surface area contributed by atoms with Gasteiger partial charge in [0.05, 0.1) is 0 Å². The Balaban J connectivity index is 2.78. The number of nitrogens with one attached hydrogen (secondary N) is 1. The molecule has 0 saturated carbocycles. The first-order valence-corrected chi connectivity index (χ1v) is 5.12. The quantitative estimate of drug-likeness (QED) is 0.472. The molecule has 1 saturated heterocycles. The summed E-state index contributed by atoms with van der Waals surface area (Å²) in [4.78, 5) is 16.1. The fourth-order valence-corrected chi connectivity index (χ4v) is 2.22. The summed E-state index contributed by atoms with van der Waals surface area (Å²) in [5.41, 5.74) is 0. The summed E-state index contributed by atoms with van der Waals surface area (Å²) in [6.07, 6.45) is 0. The van der Waals surface area contributed by atoms with E-state index in [0.717, 1.165) is 6.54 Å². The van der Waals surface area contributed by atoms with Crippen LogP contribution in [0.1, 0.15) is 13.8 Å². The Hall–Kier alpha value is -0.610. The molecule has 0 aliphatic carbocycles. The lowest BCUT2D eigenvalue weighted by Crippen LogP contribution is -2.63. The summed E-state index contributed by atoms with van der Waals surface area (Å²) < 4.78 is 0. The van der Waals surface area contributed by atoms with Crippen LogP contribution in [0.15, 0.2) is 0 Å². The molecule has 4 heteroatoms. The van der Waals surface area contributed by atoms with Gasteiger partial charge in [0, 0.05) is 25.7 Å². The van der Waals surface area contributed by atoms with E-state index in [1.54, 1.807) is 7.05 Å². The number of piperazine rings is 1. The molecule has 4 nitrogen and oxygen atoms in total. The summed E-state index contributed by atoms with van der Waals surface area (Å²) in [6, 6.07) is 0.751. The monoisotopic (exact) mass is 203 g/mol. The number of carbonyl (C=O) groups is 1. The molecule has 14 heavy (non-hydrogen) atoms. The summed E-state index contributed by atoms with van der Waals surface area (Å²) in [6.45, 7) is 5.23. The zero-order valence-corrected chi connectivity index (χ0v) is 9.74. The number of amides is 1. The van der Waals surface area contributed by atoms with Gasteiger partial charge in [-0.25, -0.2) is 0 Å². The molecule has 3 atom stereocenters. The van der Waals surface area contributed by atoms with E-state index in [9.17, 15) is 4.79 Å². The normalized spacial score (nSPS) is 35.6. The highest BCUT2D eigenvalue weighted by molar-refractivity contribution is 5.82. The molecule has 1 N–H and O–H groups in total. The van der Waals surface area contributed by atoms with E-state index in [2.05, 4.69) is 36.0 Å². The minimum absolute atomic E-state index is 0.0267. The van der Waals surface area contributed by atoms with E-state index in [1.165, 1.54) is 0 Å². The van der Waals surface area contributed by atoms with Gasteiger partial charge in [0.2, 0.25) is 5.91 Å². The third-order valence-electron chi connectivity index (χ3n) is 3.34. The number of nitrogens with zero attached hydrogens (tertiary/aromatic N) is 2. The summed E-state index contributed by atoms with van der Waals surface area (Å²) in [5.74, 6) is 0.110. The third-order valence-corrected chi connectivity index (χ3v) is 3.34. The van der Waals surface area contributed by atoms with Gasteiger partial charge in [-0.2, -0.15) is 0 Å². The van der Waals surface area contributed by atoms with E-state index in [4.69, 9.17) is 0 Å². The summed E-state index contributed by atoms with van der Waals surface area (Å²) >= 11 is 0. The lowest BCUT2D eigenvalue weighted by molar-refractivity contribution is -0.130. The molecule has 0 bridgehead atoms. The second kappa shape index (κ2) is 4.28. The number of hydrogen-bond acceptors (Lipinski definition) is 3. The molecule has 3 unspecified atom stereocenters. The topological polar surface area (TPSA) is 35.6 Å². The molecule has 1 aliphatic rings. The fourth-order valence-electron chi connectivity index (χ4n) is 2.22. The first-order valence-electron chi connectivity index (χ1n) is 5.12. The average molecular weight is 203 g/mol. The molecular formula is C10H21N3O. The molecule has 1 fully saturated rings. The Morgan fingerprint density at radius 2 is 1.93 bits per heavy atom. The van der Waals surface area contributed by atoms with Crippen molar-refractivity contribution in [3.8, 4) is 0 Å².